The second-order valence-electron chi connectivity index (χ2n) is 2.74. The van der Waals surface area contributed by atoms with E-state index in [0.29, 0.717) is 24.7 Å². The summed E-state index contributed by atoms with van der Waals surface area (Å²) in [5.74, 6) is 1.13. The van der Waals surface area contributed by atoms with Gasteiger partial charge in [-0.05, 0) is 0 Å². The van der Waals surface area contributed by atoms with Crippen LogP contribution in [0.25, 0.3) is 0 Å². The van der Waals surface area contributed by atoms with Crippen molar-refractivity contribution in [3.8, 4) is 0 Å². The van der Waals surface area contributed by atoms with E-state index in [1.54, 1.807) is 4.90 Å². The molecule has 1 saturated heterocycles. The number of nitrogens with zero attached hydrogens (tertiary/aromatic N) is 1. The highest BCUT2D eigenvalue weighted by Crippen LogP contribution is 2.04. The van der Waals surface area contributed by atoms with Crippen molar-refractivity contribution in [1.82, 2.24) is 4.90 Å². The van der Waals surface area contributed by atoms with Gasteiger partial charge in [0.05, 0.1) is 11.5 Å². The van der Waals surface area contributed by atoms with Crippen molar-refractivity contribution in [3.05, 3.63) is 0 Å². The van der Waals surface area contributed by atoms with Gasteiger partial charge in [-0.25, -0.2) is 8.42 Å². The van der Waals surface area contributed by atoms with Gasteiger partial charge in [0.2, 0.25) is 0 Å². The largest absolute Gasteiger partial charge is 0.358 e. The fourth-order valence-electron chi connectivity index (χ4n) is 1.08. The zero-order chi connectivity index (χ0) is 9.19. The molecular weight excluding hydrogens is 196 g/mol. The molecule has 1 aliphatic heterocycles. The molecule has 6 heteroatoms. The Morgan fingerprint density at radius 3 is 2.33 bits per heavy atom. The van der Waals surface area contributed by atoms with E-state index in [0.717, 1.165) is 0 Å². The van der Waals surface area contributed by atoms with E-state index in [9.17, 15) is 8.42 Å². The first-order chi connectivity index (χ1) is 5.55. The zero-order valence-corrected chi connectivity index (χ0v) is 8.37. The van der Waals surface area contributed by atoms with E-state index < -0.39 is 9.84 Å². The molecule has 1 N–H and O–H groups in total. The lowest BCUT2D eigenvalue weighted by molar-refractivity contribution is 0.439. The molecule has 0 radical (unpaired) electrons. The van der Waals surface area contributed by atoms with Crippen LogP contribution in [0.4, 0.5) is 0 Å². The Balaban J connectivity index is 2.52. The molecule has 0 aromatic heterocycles. The van der Waals surface area contributed by atoms with E-state index in [-0.39, 0.29) is 11.5 Å². The first-order valence-corrected chi connectivity index (χ1v) is 6.14. The molecule has 0 atom stereocenters. The van der Waals surface area contributed by atoms with Crippen molar-refractivity contribution in [3.63, 3.8) is 0 Å². The SMILES string of the molecule is N=C(CS)N1CCS(=O)(=O)CC1. The van der Waals surface area contributed by atoms with E-state index in [2.05, 4.69) is 12.6 Å². The van der Waals surface area contributed by atoms with Crippen LogP contribution in [0, 0.1) is 5.41 Å². The average Bonchev–Trinajstić information content (AvgIpc) is 2.03. The van der Waals surface area contributed by atoms with E-state index in [4.69, 9.17) is 5.41 Å². The summed E-state index contributed by atoms with van der Waals surface area (Å²) in [6.07, 6.45) is 0. The summed E-state index contributed by atoms with van der Waals surface area (Å²) in [5.41, 5.74) is 0. The average molecular weight is 208 g/mol. The van der Waals surface area contributed by atoms with Gasteiger partial charge in [0, 0.05) is 18.8 Å². The summed E-state index contributed by atoms with van der Waals surface area (Å²) in [7, 11) is -2.82. The summed E-state index contributed by atoms with van der Waals surface area (Å²) in [4.78, 5) is 1.76. The fourth-order valence-corrected chi connectivity index (χ4v) is 2.48. The van der Waals surface area contributed by atoms with Crippen molar-refractivity contribution < 1.29 is 8.42 Å². The van der Waals surface area contributed by atoms with Gasteiger partial charge in [0.25, 0.3) is 0 Å². The van der Waals surface area contributed by atoms with Crippen LogP contribution in [0.2, 0.25) is 0 Å². The lowest BCUT2D eigenvalue weighted by atomic mass is 10.4. The second kappa shape index (κ2) is 3.66. The van der Waals surface area contributed by atoms with Gasteiger partial charge in [0.1, 0.15) is 5.84 Å². The summed E-state index contributed by atoms with van der Waals surface area (Å²) < 4.78 is 22.0. The van der Waals surface area contributed by atoms with Crippen LogP contribution in [-0.4, -0.2) is 49.5 Å². The summed E-state index contributed by atoms with van der Waals surface area (Å²) in [5, 5.41) is 7.42. The molecule has 0 aromatic carbocycles. The molecular formula is C6H12N2O2S2. The zero-order valence-electron chi connectivity index (χ0n) is 6.65. The van der Waals surface area contributed by atoms with Gasteiger partial charge in [-0.2, -0.15) is 12.6 Å². The summed E-state index contributed by atoms with van der Waals surface area (Å²) >= 11 is 3.95. The number of amidine groups is 1. The topological polar surface area (TPSA) is 61.2 Å². The van der Waals surface area contributed by atoms with Gasteiger partial charge < -0.3 is 4.90 Å². The Labute approximate surface area is 77.8 Å². The molecule has 4 nitrogen and oxygen atoms in total. The molecule has 70 valence electrons. The Morgan fingerprint density at radius 2 is 1.92 bits per heavy atom. The second-order valence-corrected chi connectivity index (χ2v) is 5.36. The van der Waals surface area contributed by atoms with Crippen molar-refractivity contribution in [1.29, 1.82) is 5.41 Å². The first-order valence-electron chi connectivity index (χ1n) is 3.69. The van der Waals surface area contributed by atoms with Gasteiger partial charge in [-0.3, -0.25) is 5.41 Å². The van der Waals surface area contributed by atoms with Crippen LogP contribution in [0.3, 0.4) is 0 Å². The van der Waals surface area contributed by atoms with Crippen molar-refractivity contribution in [2.75, 3.05) is 30.3 Å². The number of hydrogen-bond donors (Lipinski definition) is 2. The third-order valence-corrected chi connectivity index (χ3v) is 3.78. The van der Waals surface area contributed by atoms with Gasteiger partial charge in [0.15, 0.2) is 9.84 Å². The molecule has 1 fully saturated rings. The minimum absolute atomic E-state index is 0.170. The van der Waals surface area contributed by atoms with Crippen LogP contribution in [-0.2, 0) is 9.84 Å². The number of rotatable bonds is 1. The van der Waals surface area contributed by atoms with E-state index in [1.165, 1.54) is 0 Å². The Morgan fingerprint density at radius 1 is 1.42 bits per heavy atom. The molecule has 0 aromatic rings. The van der Waals surface area contributed by atoms with Crippen LogP contribution in [0.5, 0.6) is 0 Å². The molecule has 0 unspecified atom stereocenters. The molecule has 0 amide bonds. The Kier molecular flexibility index (Phi) is 3.00. The third-order valence-electron chi connectivity index (χ3n) is 1.88. The number of thiol groups is 1. The molecule has 1 aliphatic rings. The number of hydrogen-bond acceptors (Lipinski definition) is 4. The van der Waals surface area contributed by atoms with Gasteiger partial charge in [-0.1, -0.05) is 0 Å². The normalized spacial score (nSPS) is 22.2. The van der Waals surface area contributed by atoms with Crippen molar-refractivity contribution >= 4 is 28.3 Å². The molecule has 1 rings (SSSR count). The Hall–Kier alpha value is -0.230. The molecule has 0 saturated carbocycles. The lowest BCUT2D eigenvalue weighted by Gasteiger charge is -2.28. The fraction of sp³-hybridized carbons (Fsp3) is 0.833. The highest BCUT2D eigenvalue weighted by atomic mass is 32.2. The van der Waals surface area contributed by atoms with E-state index in [1.807, 2.05) is 0 Å². The van der Waals surface area contributed by atoms with Gasteiger partial charge >= 0.3 is 0 Å². The highest BCUT2D eigenvalue weighted by Gasteiger charge is 2.22. The van der Waals surface area contributed by atoms with Gasteiger partial charge in [-0.15, -0.1) is 0 Å². The quantitative estimate of drug-likeness (QED) is 0.351. The predicted molar refractivity (Wildman–Crippen MR) is 51.8 cm³/mol. The van der Waals surface area contributed by atoms with Crippen molar-refractivity contribution in [2.45, 2.75) is 0 Å². The smallest absolute Gasteiger partial charge is 0.153 e. The lowest BCUT2D eigenvalue weighted by Crippen LogP contribution is -2.44. The predicted octanol–water partition coefficient (Wildman–Crippen LogP) is -0.376. The van der Waals surface area contributed by atoms with Crippen LogP contribution < -0.4 is 0 Å². The van der Waals surface area contributed by atoms with E-state index >= 15 is 0 Å². The molecule has 0 aliphatic carbocycles. The molecule has 12 heavy (non-hydrogen) atoms. The maximum Gasteiger partial charge on any atom is 0.153 e. The van der Waals surface area contributed by atoms with Crippen LogP contribution >= 0.6 is 12.6 Å². The number of nitrogens with one attached hydrogen (secondary N) is 1. The molecule has 1 heterocycles. The van der Waals surface area contributed by atoms with Crippen LogP contribution in [0.15, 0.2) is 0 Å². The highest BCUT2D eigenvalue weighted by molar-refractivity contribution is 7.91. The number of sulfone groups is 1. The van der Waals surface area contributed by atoms with Crippen molar-refractivity contribution in [2.24, 2.45) is 0 Å². The summed E-state index contributed by atoms with van der Waals surface area (Å²) in [6, 6.07) is 0. The Bertz CT molecular complexity index is 259. The molecule has 0 bridgehead atoms. The van der Waals surface area contributed by atoms with Crippen LogP contribution in [0.1, 0.15) is 0 Å². The maximum atomic E-state index is 11.0. The minimum atomic E-state index is -2.82. The third kappa shape index (κ3) is 2.38. The standard InChI is InChI=1S/C6H12N2O2S2/c7-6(5-11)8-1-3-12(9,10)4-2-8/h7,11H,1-5H2. The first kappa shape index (κ1) is 9.85. The monoisotopic (exact) mass is 208 g/mol. The minimum Gasteiger partial charge on any atom is -0.358 e. The summed E-state index contributed by atoms with van der Waals surface area (Å²) in [6.45, 7) is 0.892. The maximum absolute atomic E-state index is 11.0. The molecule has 0 spiro atoms.